The fraction of sp³-hybridized carbons (Fsp3) is 0.306. The molecule has 8 nitrogen and oxygen atoms in total. The molecule has 5 aliphatic rings. The molecule has 0 saturated carbocycles. The van der Waals surface area contributed by atoms with Gasteiger partial charge < -0.3 is 28.6 Å². The molecule has 0 N–H and O–H groups in total. The van der Waals surface area contributed by atoms with E-state index in [1.165, 1.54) is 11.1 Å². The van der Waals surface area contributed by atoms with Crippen molar-refractivity contribution in [1.29, 1.82) is 0 Å². The lowest BCUT2D eigenvalue weighted by atomic mass is 9.86. The maximum atomic E-state index is 12.4. The molecular weight excluding hydrogens is 556 g/mol. The minimum Gasteiger partial charge on any atom is -0.493 e. The molecule has 9 rings (SSSR count). The molecule has 1 amide bonds. The largest absolute Gasteiger partial charge is 0.493 e. The smallest absolute Gasteiger partial charge is 0.212 e. The molecule has 0 spiro atoms. The monoisotopic (exact) mass is 590 g/mol. The molecule has 5 heterocycles. The van der Waals surface area contributed by atoms with Crippen molar-refractivity contribution in [2.45, 2.75) is 37.8 Å². The number of methoxy groups -OCH3 is 2. The Morgan fingerprint density at radius 2 is 1.45 bits per heavy atom. The van der Waals surface area contributed by atoms with Gasteiger partial charge in [0.1, 0.15) is 5.75 Å². The van der Waals surface area contributed by atoms with Gasteiger partial charge in [0, 0.05) is 24.7 Å². The van der Waals surface area contributed by atoms with Gasteiger partial charge in [-0.25, -0.2) is 0 Å². The SMILES string of the molecule is COc1ccc2cc1Oc1ccc(cc1)CC1c3c(cc(OC)c4c3Oc3cc5c(cc3O4)CCN(C)[C@H]5C2)CCN1C=O. The van der Waals surface area contributed by atoms with Crippen LogP contribution in [0.25, 0.3) is 0 Å². The third kappa shape index (κ3) is 4.35. The molecule has 5 aliphatic heterocycles. The van der Waals surface area contributed by atoms with E-state index in [9.17, 15) is 4.79 Å². The summed E-state index contributed by atoms with van der Waals surface area (Å²) in [6.45, 7) is 1.54. The Morgan fingerprint density at radius 3 is 2.25 bits per heavy atom. The van der Waals surface area contributed by atoms with Crippen molar-refractivity contribution < 1.29 is 28.5 Å². The van der Waals surface area contributed by atoms with Gasteiger partial charge in [-0.2, -0.15) is 0 Å². The zero-order chi connectivity index (χ0) is 29.9. The Labute approximate surface area is 256 Å². The highest BCUT2D eigenvalue weighted by Crippen LogP contribution is 2.56. The number of hydrogen-bond acceptors (Lipinski definition) is 7. The molecule has 7 bridgehead atoms. The quantitative estimate of drug-likeness (QED) is 0.215. The second kappa shape index (κ2) is 10.5. The normalized spacial score (nSPS) is 19.7. The van der Waals surface area contributed by atoms with Gasteiger partial charge in [-0.15, -0.1) is 0 Å². The fourth-order valence-corrected chi connectivity index (χ4v) is 7.19. The lowest BCUT2D eigenvalue weighted by Gasteiger charge is -2.39. The summed E-state index contributed by atoms with van der Waals surface area (Å²) in [4.78, 5) is 16.7. The molecule has 0 saturated heterocycles. The van der Waals surface area contributed by atoms with E-state index in [1.807, 2.05) is 29.2 Å². The minimum absolute atomic E-state index is 0.131. The molecule has 224 valence electrons. The molecule has 8 heteroatoms. The first-order chi connectivity index (χ1) is 21.5. The fourth-order valence-electron chi connectivity index (χ4n) is 7.19. The maximum Gasteiger partial charge on any atom is 0.212 e. The third-order valence-corrected chi connectivity index (χ3v) is 9.55. The van der Waals surface area contributed by atoms with Gasteiger partial charge in [-0.05, 0) is 103 Å². The van der Waals surface area contributed by atoms with Crippen molar-refractivity contribution in [1.82, 2.24) is 9.80 Å². The van der Waals surface area contributed by atoms with E-state index in [0.29, 0.717) is 59.6 Å². The summed E-state index contributed by atoms with van der Waals surface area (Å²) in [5.41, 5.74) is 6.77. The number of carbonyl (C=O) groups excluding carboxylic acids is 1. The molecule has 44 heavy (non-hydrogen) atoms. The molecule has 0 aliphatic carbocycles. The van der Waals surface area contributed by atoms with Gasteiger partial charge in [0.25, 0.3) is 0 Å². The molecular formula is C36H34N2O6. The number of benzene rings is 4. The lowest BCUT2D eigenvalue weighted by Crippen LogP contribution is -2.36. The molecule has 2 atom stereocenters. The van der Waals surface area contributed by atoms with Crippen LogP contribution >= 0.6 is 0 Å². The predicted molar refractivity (Wildman–Crippen MR) is 165 cm³/mol. The van der Waals surface area contributed by atoms with Crippen LogP contribution in [0.3, 0.4) is 0 Å². The molecule has 0 aromatic heterocycles. The van der Waals surface area contributed by atoms with Crippen molar-refractivity contribution in [2.75, 3.05) is 34.4 Å². The van der Waals surface area contributed by atoms with Crippen molar-refractivity contribution >= 4 is 6.41 Å². The van der Waals surface area contributed by atoms with E-state index in [2.05, 4.69) is 48.3 Å². The van der Waals surface area contributed by atoms with Crippen LogP contribution in [-0.2, 0) is 30.5 Å². The molecule has 4 aromatic carbocycles. The van der Waals surface area contributed by atoms with Crippen molar-refractivity contribution in [2.24, 2.45) is 0 Å². The first-order valence-corrected chi connectivity index (χ1v) is 15.1. The highest BCUT2D eigenvalue weighted by atomic mass is 16.6. The van der Waals surface area contributed by atoms with E-state index < -0.39 is 0 Å². The standard InChI is InChI=1S/C36H34N2O6/c1-37-12-10-23-17-31-32-19-26(23)27(37)15-22-6-9-29(40-2)30(16-22)42-25-7-4-21(5-8-25)14-28-34-24(11-13-38(28)20-39)18-33(41-3)35(43-31)36(34)44-32/h4-9,16-20,27-28H,10-15H2,1-3H3/t27-,28?/m0/s1. The van der Waals surface area contributed by atoms with Crippen LogP contribution in [0.4, 0.5) is 0 Å². The number of carbonyl (C=O) groups is 1. The van der Waals surface area contributed by atoms with Crippen molar-refractivity contribution in [3.05, 3.63) is 94.0 Å². The second-order valence-electron chi connectivity index (χ2n) is 12.0. The zero-order valence-corrected chi connectivity index (χ0v) is 25.1. The van der Waals surface area contributed by atoms with Crippen LogP contribution in [0.2, 0.25) is 0 Å². The third-order valence-electron chi connectivity index (χ3n) is 9.55. The average molecular weight is 591 g/mol. The Balaban J connectivity index is 1.34. The van der Waals surface area contributed by atoms with Crippen LogP contribution in [0, 0.1) is 0 Å². The summed E-state index contributed by atoms with van der Waals surface area (Å²) >= 11 is 0. The van der Waals surface area contributed by atoms with Crippen LogP contribution in [0.1, 0.15) is 45.5 Å². The molecule has 1 unspecified atom stereocenters. The summed E-state index contributed by atoms with van der Waals surface area (Å²) in [6, 6.07) is 20.4. The van der Waals surface area contributed by atoms with Gasteiger partial charge in [-0.3, -0.25) is 9.69 Å². The number of ether oxygens (including phenoxy) is 5. The molecule has 0 fully saturated rings. The van der Waals surface area contributed by atoms with Crippen molar-refractivity contribution in [3.63, 3.8) is 0 Å². The topological polar surface area (TPSA) is 69.7 Å². The number of likely N-dealkylation sites (N-methyl/N-ethyl adjacent to an activating group) is 1. The number of rotatable bonds is 3. The number of amides is 1. The van der Waals surface area contributed by atoms with E-state index in [1.54, 1.807) is 14.2 Å². The first kappa shape index (κ1) is 26.9. The van der Waals surface area contributed by atoms with Crippen LogP contribution in [0.5, 0.6) is 46.0 Å². The highest BCUT2D eigenvalue weighted by Gasteiger charge is 2.37. The lowest BCUT2D eigenvalue weighted by molar-refractivity contribution is -0.120. The number of hydrogen-bond donors (Lipinski definition) is 0. The Bertz CT molecular complexity index is 1790. The van der Waals surface area contributed by atoms with Gasteiger partial charge in [0.05, 0.1) is 20.3 Å². The molecule has 0 radical (unpaired) electrons. The number of nitrogens with zero attached hydrogens (tertiary/aromatic N) is 2. The zero-order valence-electron chi connectivity index (χ0n) is 25.1. The minimum atomic E-state index is -0.236. The maximum absolute atomic E-state index is 12.4. The summed E-state index contributed by atoms with van der Waals surface area (Å²) in [6.07, 6.45) is 3.96. The predicted octanol–water partition coefficient (Wildman–Crippen LogP) is 6.78. The number of fused-ring (bicyclic) bond motifs is 2. The van der Waals surface area contributed by atoms with E-state index >= 15 is 0 Å². The Morgan fingerprint density at radius 1 is 0.727 bits per heavy atom. The Hall–Kier alpha value is -4.69. The van der Waals surface area contributed by atoms with Gasteiger partial charge in [0.2, 0.25) is 12.2 Å². The summed E-state index contributed by atoms with van der Waals surface area (Å²) < 4.78 is 31.3. The highest BCUT2D eigenvalue weighted by molar-refractivity contribution is 5.68. The van der Waals surface area contributed by atoms with Crippen molar-refractivity contribution in [3.8, 4) is 46.0 Å². The summed E-state index contributed by atoms with van der Waals surface area (Å²) in [7, 11) is 5.49. The van der Waals surface area contributed by atoms with Crippen LogP contribution in [-0.4, -0.2) is 50.6 Å². The van der Waals surface area contributed by atoms with Gasteiger partial charge in [0.15, 0.2) is 34.5 Å². The molecule has 4 aromatic rings. The van der Waals surface area contributed by atoms with Gasteiger partial charge in [-0.1, -0.05) is 18.2 Å². The van der Waals surface area contributed by atoms with E-state index in [4.69, 9.17) is 23.7 Å². The van der Waals surface area contributed by atoms with Crippen LogP contribution in [0.15, 0.2) is 60.7 Å². The average Bonchev–Trinajstić information content (AvgIpc) is 3.04. The van der Waals surface area contributed by atoms with E-state index in [0.717, 1.165) is 53.8 Å². The summed E-state index contributed by atoms with van der Waals surface area (Å²) in [5.74, 6) is 5.27. The van der Waals surface area contributed by atoms with Gasteiger partial charge >= 0.3 is 0 Å². The first-order valence-electron chi connectivity index (χ1n) is 15.1. The van der Waals surface area contributed by atoms with E-state index in [-0.39, 0.29) is 12.1 Å². The summed E-state index contributed by atoms with van der Waals surface area (Å²) in [5, 5.41) is 0. The Kier molecular flexibility index (Phi) is 6.41. The second-order valence-corrected chi connectivity index (χ2v) is 12.0. The van der Waals surface area contributed by atoms with Crippen LogP contribution < -0.4 is 23.7 Å².